The van der Waals surface area contributed by atoms with E-state index in [0.717, 1.165) is 37.2 Å². The van der Waals surface area contributed by atoms with Crippen molar-refractivity contribution in [3.8, 4) is 11.8 Å². The monoisotopic (exact) mass is 410 g/mol. The van der Waals surface area contributed by atoms with E-state index >= 15 is 0 Å². The first-order valence-electron chi connectivity index (χ1n) is 10.3. The number of amides is 2. The fourth-order valence-corrected chi connectivity index (χ4v) is 4.11. The Kier molecular flexibility index (Phi) is 6.14. The summed E-state index contributed by atoms with van der Waals surface area (Å²) in [7, 11) is 1.56. The highest BCUT2D eigenvalue weighted by Gasteiger charge is 2.33. The number of methoxy groups -OCH3 is 1. The smallest absolute Gasteiger partial charge is 0.320 e. The van der Waals surface area contributed by atoms with E-state index in [-0.39, 0.29) is 18.1 Å². The molecule has 9 heteroatoms. The lowest BCUT2D eigenvalue weighted by Crippen LogP contribution is -2.47. The Hall–Kier alpha value is -3.12. The fraction of sp³-hybridized carbons (Fsp3) is 0.524. The van der Waals surface area contributed by atoms with Crippen LogP contribution in [0.15, 0.2) is 24.5 Å². The van der Waals surface area contributed by atoms with Crippen LogP contribution < -0.4 is 4.74 Å². The zero-order valence-corrected chi connectivity index (χ0v) is 17.1. The number of nitrogens with one attached hydrogen (secondary N) is 1. The van der Waals surface area contributed by atoms with E-state index in [9.17, 15) is 4.79 Å². The van der Waals surface area contributed by atoms with Crippen LogP contribution in [0.1, 0.15) is 42.1 Å². The van der Waals surface area contributed by atoms with Gasteiger partial charge < -0.3 is 19.3 Å². The molecule has 158 valence electrons. The molecule has 2 amide bonds. The molecule has 0 spiro atoms. The van der Waals surface area contributed by atoms with Crippen molar-refractivity contribution in [1.82, 2.24) is 25.0 Å². The van der Waals surface area contributed by atoms with Crippen molar-refractivity contribution in [3.63, 3.8) is 0 Å². The topological polar surface area (TPSA) is 107 Å². The molecule has 9 nitrogen and oxygen atoms in total. The van der Waals surface area contributed by atoms with E-state index in [0.29, 0.717) is 37.6 Å². The molecule has 2 aromatic rings. The lowest BCUT2D eigenvalue weighted by Gasteiger charge is -2.34. The third-order valence-electron chi connectivity index (χ3n) is 5.86. The number of aromatic amines is 1. The van der Waals surface area contributed by atoms with Crippen LogP contribution in [0, 0.1) is 11.3 Å². The van der Waals surface area contributed by atoms with Gasteiger partial charge in [0.05, 0.1) is 25.4 Å². The van der Waals surface area contributed by atoms with Crippen molar-refractivity contribution in [3.05, 3.63) is 41.5 Å². The first kappa shape index (κ1) is 20.2. The van der Waals surface area contributed by atoms with Crippen molar-refractivity contribution in [2.75, 3.05) is 33.3 Å². The largest absolute Gasteiger partial charge is 0.495 e. The summed E-state index contributed by atoms with van der Waals surface area (Å²) < 4.78 is 11.3. The van der Waals surface area contributed by atoms with Gasteiger partial charge in [-0.2, -0.15) is 10.4 Å². The molecule has 2 aliphatic heterocycles. The highest BCUT2D eigenvalue weighted by atomic mass is 16.5. The molecule has 1 atom stereocenters. The third-order valence-corrected chi connectivity index (χ3v) is 5.86. The van der Waals surface area contributed by atoms with Gasteiger partial charge in [0.15, 0.2) is 0 Å². The number of hydrogen-bond acceptors (Lipinski definition) is 6. The maximum atomic E-state index is 12.9. The third kappa shape index (κ3) is 4.39. The number of likely N-dealkylation sites (tertiary alicyclic amines) is 2. The lowest BCUT2D eigenvalue weighted by molar-refractivity contribution is 0.00211. The number of nitrogens with zero attached hydrogens (tertiary/aromatic N) is 5. The van der Waals surface area contributed by atoms with E-state index in [2.05, 4.69) is 21.3 Å². The minimum atomic E-state index is 0.104. The number of aromatic nitrogens is 3. The predicted octanol–water partition coefficient (Wildman–Crippen LogP) is 2.28. The second-order valence-corrected chi connectivity index (χ2v) is 7.73. The van der Waals surface area contributed by atoms with Gasteiger partial charge >= 0.3 is 6.03 Å². The molecule has 0 unspecified atom stereocenters. The molecule has 2 aliphatic rings. The van der Waals surface area contributed by atoms with Crippen LogP contribution in [0.4, 0.5) is 4.79 Å². The van der Waals surface area contributed by atoms with Gasteiger partial charge in [-0.15, -0.1) is 0 Å². The van der Waals surface area contributed by atoms with Crippen molar-refractivity contribution >= 4 is 6.03 Å². The molecule has 1 aromatic carbocycles. The molecule has 30 heavy (non-hydrogen) atoms. The Morgan fingerprint density at radius 2 is 2.07 bits per heavy atom. The molecular weight excluding hydrogens is 384 g/mol. The van der Waals surface area contributed by atoms with Crippen LogP contribution in [0.2, 0.25) is 0 Å². The molecule has 3 heterocycles. The Morgan fingerprint density at radius 1 is 1.27 bits per heavy atom. The highest BCUT2D eigenvalue weighted by molar-refractivity contribution is 5.75. The normalized spacial score (nSPS) is 19.7. The van der Waals surface area contributed by atoms with Crippen LogP contribution in [0.3, 0.4) is 0 Å². The van der Waals surface area contributed by atoms with E-state index in [1.807, 2.05) is 21.9 Å². The standard InChI is InChI=1S/C21H26N6O3/c1-29-19-10-15(2-3-16(19)11-22)13-30-18-5-8-26(9-6-18)21(28)27-7-4-17(12-27)20-23-14-24-25-20/h2-3,10,14,17-18H,4-9,12-13H2,1H3,(H,23,24,25)/t17-/m0/s1. The number of benzene rings is 1. The lowest BCUT2D eigenvalue weighted by atomic mass is 10.1. The van der Waals surface area contributed by atoms with Crippen LogP contribution >= 0.6 is 0 Å². The number of ether oxygens (including phenoxy) is 2. The summed E-state index contributed by atoms with van der Waals surface area (Å²) in [5.74, 6) is 1.66. The van der Waals surface area contributed by atoms with Gasteiger partial charge in [-0.05, 0) is 37.0 Å². The van der Waals surface area contributed by atoms with Crippen molar-refractivity contribution in [2.45, 2.75) is 37.9 Å². The second-order valence-electron chi connectivity index (χ2n) is 7.73. The first-order valence-corrected chi connectivity index (χ1v) is 10.3. The Morgan fingerprint density at radius 3 is 2.77 bits per heavy atom. The van der Waals surface area contributed by atoms with Crippen LogP contribution in [-0.2, 0) is 11.3 Å². The molecule has 1 aromatic heterocycles. The minimum absolute atomic E-state index is 0.104. The van der Waals surface area contributed by atoms with Gasteiger partial charge in [0, 0.05) is 32.1 Å². The van der Waals surface area contributed by atoms with E-state index in [1.54, 1.807) is 13.2 Å². The number of hydrogen-bond donors (Lipinski definition) is 1. The SMILES string of the molecule is COc1cc(COC2CCN(C(=O)N3CC[C@H](c4ncn[nH]4)C3)CC2)ccc1C#N. The Balaban J connectivity index is 1.23. The average molecular weight is 410 g/mol. The van der Waals surface area contributed by atoms with Gasteiger partial charge in [-0.3, -0.25) is 5.10 Å². The van der Waals surface area contributed by atoms with Gasteiger partial charge in [-0.1, -0.05) is 6.07 Å². The van der Waals surface area contributed by atoms with E-state index < -0.39 is 0 Å². The van der Waals surface area contributed by atoms with Crippen molar-refractivity contribution in [2.24, 2.45) is 0 Å². The second kappa shape index (κ2) is 9.13. The fourth-order valence-electron chi connectivity index (χ4n) is 4.11. The zero-order chi connectivity index (χ0) is 20.9. The number of H-pyrrole nitrogens is 1. The molecular formula is C21H26N6O3. The summed E-state index contributed by atoms with van der Waals surface area (Å²) >= 11 is 0. The average Bonchev–Trinajstić information content (AvgIpc) is 3.49. The van der Waals surface area contributed by atoms with Crippen molar-refractivity contribution < 1.29 is 14.3 Å². The van der Waals surface area contributed by atoms with E-state index in [4.69, 9.17) is 14.7 Å². The number of carbonyl (C=O) groups excluding carboxylic acids is 1. The van der Waals surface area contributed by atoms with Gasteiger partial charge in [-0.25, -0.2) is 9.78 Å². The Labute approximate surface area is 175 Å². The molecule has 0 radical (unpaired) electrons. The molecule has 2 fully saturated rings. The predicted molar refractivity (Wildman–Crippen MR) is 108 cm³/mol. The van der Waals surface area contributed by atoms with Gasteiger partial charge in [0.2, 0.25) is 0 Å². The highest BCUT2D eigenvalue weighted by Crippen LogP contribution is 2.26. The summed E-state index contributed by atoms with van der Waals surface area (Å²) in [5.41, 5.74) is 1.49. The number of carbonyl (C=O) groups is 1. The van der Waals surface area contributed by atoms with Crippen LogP contribution in [0.5, 0.6) is 5.75 Å². The van der Waals surface area contributed by atoms with Gasteiger partial charge in [0.1, 0.15) is 24.0 Å². The molecule has 1 N–H and O–H groups in total. The van der Waals surface area contributed by atoms with Crippen LogP contribution in [0.25, 0.3) is 0 Å². The molecule has 0 bridgehead atoms. The molecule has 4 rings (SSSR count). The zero-order valence-electron chi connectivity index (χ0n) is 17.1. The van der Waals surface area contributed by atoms with Crippen molar-refractivity contribution in [1.29, 1.82) is 5.26 Å². The quantitative estimate of drug-likeness (QED) is 0.810. The molecule has 0 aliphatic carbocycles. The number of urea groups is 1. The summed E-state index contributed by atoms with van der Waals surface area (Å²) in [5, 5.41) is 15.9. The summed E-state index contributed by atoms with van der Waals surface area (Å²) in [6.45, 7) is 3.30. The minimum Gasteiger partial charge on any atom is -0.495 e. The maximum Gasteiger partial charge on any atom is 0.320 e. The Bertz CT molecular complexity index is 902. The first-order chi connectivity index (χ1) is 14.7. The summed E-state index contributed by atoms with van der Waals surface area (Å²) in [6, 6.07) is 7.70. The van der Waals surface area contributed by atoms with Crippen LogP contribution in [-0.4, -0.2) is 70.4 Å². The van der Waals surface area contributed by atoms with Gasteiger partial charge in [0.25, 0.3) is 0 Å². The number of piperidine rings is 1. The number of rotatable bonds is 5. The number of nitriles is 1. The molecule has 2 saturated heterocycles. The maximum absolute atomic E-state index is 12.9. The van der Waals surface area contributed by atoms with E-state index in [1.165, 1.54) is 6.33 Å². The molecule has 0 saturated carbocycles. The summed E-state index contributed by atoms with van der Waals surface area (Å²) in [4.78, 5) is 20.9. The summed E-state index contributed by atoms with van der Waals surface area (Å²) in [6.07, 6.45) is 4.18.